The standard InChI is InChI=1S/C28H28N2O6S/c1-6-35-28(32)25-22(19-8-10-21(33-4)11-9-19)16-37-27(25)30-26(31)20(15-29)13-18-7-12-23(36-17(2)3)24(14-18)34-5/h7-14,16-17H,6H2,1-5H3,(H,30,31). The Morgan fingerprint density at radius 1 is 1.08 bits per heavy atom. The van der Waals surface area contributed by atoms with E-state index in [1.807, 2.05) is 32.0 Å². The summed E-state index contributed by atoms with van der Waals surface area (Å²) in [6.45, 7) is 5.69. The first kappa shape index (κ1) is 27.3. The van der Waals surface area contributed by atoms with Crippen molar-refractivity contribution in [1.82, 2.24) is 0 Å². The first-order chi connectivity index (χ1) is 17.8. The summed E-state index contributed by atoms with van der Waals surface area (Å²) < 4.78 is 21.6. The highest BCUT2D eigenvalue weighted by Gasteiger charge is 2.24. The second-order valence-corrected chi connectivity index (χ2v) is 8.88. The molecule has 1 heterocycles. The number of anilines is 1. The number of thiophene rings is 1. The fourth-order valence-corrected chi connectivity index (χ4v) is 4.40. The summed E-state index contributed by atoms with van der Waals surface area (Å²) in [5, 5.41) is 14.5. The molecule has 0 saturated heterocycles. The first-order valence-electron chi connectivity index (χ1n) is 11.5. The van der Waals surface area contributed by atoms with Crippen molar-refractivity contribution in [3.8, 4) is 34.4 Å². The number of amides is 1. The Morgan fingerprint density at radius 2 is 1.81 bits per heavy atom. The van der Waals surface area contributed by atoms with Crippen LogP contribution in [0.4, 0.5) is 5.00 Å². The van der Waals surface area contributed by atoms with E-state index in [4.69, 9.17) is 18.9 Å². The number of nitriles is 1. The smallest absolute Gasteiger partial charge is 0.341 e. The zero-order chi connectivity index (χ0) is 26.9. The largest absolute Gasteiger partial charge is 0.497 e. The molecule has 1 N–H and O–H groups in total. The molecule has 3 rings (SSSR count). The number of esters is 1. The lowest BCUT2D eigenvalue weighted by atomic mass is 10.0. The van der Waals surface area contributed by atoms with Gasteiger partial charge in [-0.15, -0.1) is 11.3 Å². The van der Waals surface area contributed by atoms with Gasteiger partial charge in [-0.1, -0.05) is 18.2 Å². The molecule has 0 aliphatic rings. The molecule has 0 aliphatic carbocycles. The summed E-state index contributed by atoms with van der Waals surface area (Å²) in [5.41, 5.74) is 2.02. The topological polar surface area (TPSA) is 107 Å². The van der Waals surface area contributed by atoms with E-state index in [9.17, 15) is 14.9 Å². The van der Waals surface area contributed by atoms with Crippen molar-refractivity contribution < 1.29 is 28.5 Å². The minimum atomic E-state index is -0.655. The van der Waals surface area contributed by atoms with Crippen LogP contribution in [-0.2, 0) is 9.53 Å². The van der Waals surface area contributed by atoms with Crippen molar-refractivity contribution in [1.29, 1.82) is 5.26 Å². The molecule has 0 atom stereocenters. The molecule has 9 heteroatoms. The van der Waals surface area contributed by atoms with Crippen LogP contribution in [0.3, 0.4) is 0 Å². The summed E-state index contributed by atoms with van der Waals surface area (Å²) in [5.74, 6) is 0.485. The normalized spacial score (nSPS) is 11.0. The number of rotatable bonds is 10. The highest BCUT2D eigenvalue weighted by atomic mass is 32.1. The van der Waals surface area contributed by atoms with Gasteiger partial charge in [-0.2, -0.15) is 5.26 Å². The van der Waals surface area contributed by atoms with E-state index >= 15 is 0 Å². The third-order valence-corrected chi connectivity index (χ3v) is 6.02. The molecule has 0 unspecified atom stereocenters. The zero-order valence-electron chi connectivity index (χ0n) is 21.3. The van der Waals surface area contributed by atoms with Gasteiger partial charge in [0.05, 0.1) is 26.9 Å². The van der Waals surface area contributed by atoms with Crippen LogP contribution in [0.5, 0.6) is 17.2 Å². The van der Waals surface area contributed by atoms with E-state index in [2.05, 4.69) is 5.32 Å². The lowest BCUT2D eigenvalue weighted by molar-refractivity contribution is -0.112. The number of carbonyl (C=O) groups is 2. The molecule has 37 heavy (non-hydrogen) atoms. The lowest BCUT2D eigenvalue weighted by Crippen LogP contribution is -2.16. The molecular weight excluding hydrogens is 492 g/mol. The Hall–Kier alpha value is -4.29. The Labute approximate surface area is 220 Å². The van der Waals surface area contributed by atoms with Gasteiger partial charge in [-0.25, -0.2) is 4.79 Å². The van der Waals surface area contributed by atoms with Crippen LogP contribution in [0, 0.1) is 11.3 Å². The molecule has 0 saturated carbocycles. The second-order valence-electron chi connectivity index (χ2n) is 8.00. The molecule has 0 spiro atoms. The zero-order valence-corrected chi connectivity index (χ0v) is 22.1. The van der Waals surface area contributed by atoms with Crippen molar-refractivity contribution in [2.45, 2.75) is 26.9 Å². The summed E-state index contributed by atoms with van der Waals surface area (Å²) in [6, 6.07) is 14.2. The van der Waals surface area contributed by atoms with Gasteiger partial charge in [-0.05, 0) is 62.2 Å². The Morgan fingerprint density at radius 3 is 2.41 bits per heavy atom. The van der Waals surface area contributed by atoms with Gasteiger partial charge >= 0.3 is 5.97 Å². The number of ether oxygens (including phenoxy) is 4. The Kier molecular flexibility index (Phi) is 9.30. The van der Waals surface area contributed by atoms with Gasteiger partial charge in [-0.3, -0.25) is 4.79 Å². The minimum Gasteiger partial charge on any atom is -0.497 e. The van der Waals surface area contributed by atoms with Crippen molar-refractivity contribution in [3.63, 3.8) is 0 Å². The molecule has 2 aromatic carbocycles. The van der Waals surface area contributed by atoms with Crippen LogP contribution in [0.15, 0.2) is 53.4 Å². The van der Waals surface area contributed by atoms with Gasteiger partial charge in [0.15, 0.2) is 11.5 Å². The van der Waals surface area contributed by atoms with E-state index in [1.165, 1.54) is 24.5 Å². The van der Waals surface area contributed by atoms with Gasteiger partial charge in [0.2, 0.25) is 0 Å². The Balaban J connectivity index is 1.93. The summed E-state index contributed by atoms with van der Waals surface area (Å²) in [6.07, 6.45) is 1.40. The number of nitrogens with zero attached hydrogens (tertiary/aromatic N) is 1. The summed E-state index contributed by atoms with van der Waals surface area (Å²) in [4.78, 5) is 25.9. The average molecular weight is 521 g/mol. The SMILES string of the molecule is CCOC(=O)c1c(-c2ccc(OC)cc2)csc1NC(=O)C(C#N)=Cc1ccc(OC(C)C)c(OC)c1. The fraction of sp³-hybridized carbons (Fsp3) is 0.250. The van der Waals surface area contributed by atoms with Crippen molar-refractivity contribution in [2.75, 3.05) is 26.1 Å². The quantitative estimate of drug-likeness (QED) is 0.200. The summed E-state index contributed by atoms with van der Waals surface area (Å²) in [7, 11) is 3.09. The number of hydrogen-bond acceptors (Lipinski definition) is 8. The molecule has 1 aromatic heterocycles. The molecule has 192 valence electrons. The highest BCUT2D eigenvalue weighted by Crippen LogP contribution is 2.37. The highest BCUT2D eigenvalue weighted by molar-refractivity contribution is 7.15. The lowest BCUT2D eigenvalue weighted by Gasteiger charge is -2.14. The van der Waals surface area contributed by atoms with Crippen molar-refractivity contribution in [2.24, 2.45) is 0 Å². The monoisotopic (exact) mass is 520 g/mol. The number of methoxy groups -OCH3 is 2. The average Bonchev–Trinajstić information content (AvgIpc) is 3.31. The second kappa shape index (κ2) is 12.6. The van der Waals surface area contributed by atoms with Crippen molar-refractivity contribution in [3.05, 3.63) is 64.5 Å². The molecule has 0 fully saturated rings. The maximum absolute atomic E-state index is 13.1. The van der Waals surface area contributed by atoms with E-state index in [0.717, 1.165) is 5.56 Å². The number of carbonyl (C=O) groups excluding carboxylic acids is 2. The van der Waals surface area contributed by atoms with Crippen LogP contribution in [0.25, 0.3) is 17.2 Å². The van der Waals surface area contributed by atoms with E-state index < -0.39 is 11.9 Å². The molecule has 0 aliphatic heterocycles. The van der Waals surface area contributed by atoms with Crippen LogP contribution < -0.4 is 19.5 Å². The predicted octanol–water partition coefficient (Wildman–Crippen LogP) is 5.94. The van der Waals surface area contributed by atoms with Gasteiger partial charge in [0.1, 0.15) is 28.0 Å². The van der Waals surface area contributed by atoms with Crippen LogP contribution in [0.2, 0.25) is 0 Å². The predicted molar refractivity (Wildman–Crippen MR) is 143 cm³/mol. The van der Waals surface area contributed by atoms with Crippen LogP contribution in [0.1, 0.15) is 36.7 Å². The van der Waals surface area contributed by atoms with Gasteiger partial charge in [0.25, 0.3) is 5.91 Å². The molecule has 0 bridgehead atoms. The van der Waals surface area contributed by atoms with E-state index in [1.54, 1.807) is 49.7 Å². The molecule has 8 nitrogen and oxygen atoms in total. The molecule has 3 aromatic rings. The number of benzene rings is 2. The summed E-state index contributed by atoms with van der Waals surface area (Å²) >= 11 is 1.17. The van der Waals surface area contributed by atoms with Gasteiger partial charge in [0, 0.05) is 10.9 Å². The fourth-order valence-electron chi connectivity index (χ4n) is 3.45. The minimum absolute atomic E-state index is 0.0436. The maximum Gasteiger partial charge on any atom is 0.341 e. The van der Waals surface area contributed by atoms with E-state index in [0.29, 0.717) is 28.4 Å². The third-order valence-electron chi connectivity index (χ3n) is 5.13. The maximum atomic E-state index is 13.1. The number of nitrogens with one attached hydrogen (secondary N) is 1. The third kappa shape index (κ3) is 6.68. The van der Waals surface area contributed by atoms with Crippen LogP contribution >= 0.6 is 11.3 Å². The van der Waals surface area contributed by atoms with Gasteiger partial charge < -0.3 is 24.3 Å². The Bertz CT molecular complexity index is 1340. The molecule has 1 amide bonds. The van der Waals surface area contributed by atoms with Crippen molar-refractivity contribution >= 4 is 34.3 Å². The van der Waals surface area contributed by atoms with E-state index in [-0.39, 0.29) is 28.8 Å². The number of hydrogen-bond donors (Lipinski definition) is 1. The molecule has 0 radical (unpaired) electrons. The first-order valence-corrected chi connectivity index (χ1v) is 12.4. The van der Waals surface area contributed by atoms with Crippen LogP contribution in [-0.4, -0.2) is 38.8 Å². The molecular formula is C28H28N2O6S.